The molecular formula is C16H24N2. The summed E-state index contributed by atoms with van der Waals surface area (Å²) in [6.45, 7) is 6.22. The van der Waals surface area contributed by atoms with E-state index >= 15 is 0 Å². The maximum atomic E-state index is 3.56. The van der Waals surface area contributed by atoms with E-state index in [1.54, 1.807) is 0 Å². The Kier molecular flexibility index (Phi) is 3.96. The van der Waals surface area contributed by atoms with E-state index in [1.807, 2.05) is 0 Å². The van der Waals surface area contributed by atoms with Crippen LogP contribution in [0.1, 0.15) is 24.8 Å². The first-order valence-corrected chi connectivity index (χ1v) is 7.39. The van der Waals surface area contributed by atoms with Crippen LogP contribution in [0, 0.1) is 11.8 Å². The minimum absolute atomic E-state index is 0.930. The summed E-state index contributed by atoms with van der Waals surface area (Å²) in [6, 6.07) is 10.9. The predicted molar refractivity (Wildman–Crippen MR) is 75.4 cm³/mol. The molecule has 18 heavy (non-hydrogen) atoms. The summed E-state index contributed by atoms with van der Waals surface area (Å²) in [5, 5.41) is 3.56. The summed E-state index contributed by atoms with van der Waals surface area (Å²) in [6.07, 6.45) is 4.22. The Labute approximate surface area is 110 Å². The van der Waals surface area contributed by atoms with Crippen molar-refractivity contribution in [2.24, 2.45) is 11.8 Å². The van der Waals surface area contributed by atoms with Crippen LogP contribution < -0.4 is 5.32 Å². The van der Waals surface area contributed by atoms with Gasteiger partial charge in [0.05, 0.1) is 0 Å². The van der Waals surface area contributed by atoms with Gasteiger partial charge >= 0.3 is 0 Å². The Morgan fingerprint density at radius 3 is 2.78 bits per heavy atom. The van der Waals surface area contributed by atoms with E-state index < -0.39 is 0 Å². The number of rotatable bonds is 3. The Hall–Kier alpha value is -0.860. The second-order valence-electron chi connectivity index (χ2n) is 5.88. The predicted octanol–water partition coefficient (Wildman–Crippen LogP) is 2.51. The molecule has 0 amide bonds. The topological polar surface area (TPSA) is 15.3 Å². The van der Waals surface area contributed by atoms with Gasteiger partial charge in [-0.3, -0.25) is 4.90 Å². The lowest BCUT2D eigenvalue weighted by atomic mass is 9.86. The van der Waals surface area contributed by atoms with Crippen molar-refractivity contribution in [1.82, 2.24) is 10.2 Å². The minimum Gasteiger partial charge on any atom is -0.316 e. The van der Waals surface area contributed by atoms with Crippen molar-refractivity contribution < 1.29 is 0 Å². The smallest absolute Gasteiger partial charge is 0.0233 e. The molecule has 2 atom stereocenters. The lowest BCUT2D eigenvalue weighted by molar-refractivity contribution is 0.246. The standard InChI is InChI=1S/C16H24N2/c1-2-5-14(6-3-1)12-18-10-8-16(13-18)15-7-4-9-17-11-15/h1-3,5-6,15-17H,4,7-13H2/t15-,16?/m1/s1. The summed E-state index contributed by atoms with van der Waals surface area (Å²) in [7, 11) is 0. The summed E-state index contributed by atoms with van der Waals surface area (Å²) in [5.74, 6) is 1.86. The molecule has 2 aliphatic rings. The summed E-state index contributed by atoms with van der Waals surface area (Å²) in [5.41, 5.74) is 1.46. The maximum Gasteiger partial charge on any atom is 0.0233 e. The largest absolute Gasteiger partial charge is 0.316 e. The van der Waals surface area contributed by atoms with Crippen LogP contribution >= 0.6 is 0 Å². The van der Waals surface area contributed by atoms with Gasteiger partial charge in [0.2, 0.25) is 0 Å². The molecule has 3 rings (SSSR count). The summed E-state index contributed by atoms with van der Waals surface area (Å²) in [4.78, 5) is 2.63. The van der Waals surface area contributed by atoms with Gasteiger partial charge in [-0.25, -0.2) is 0 Å². The molecule has 1 aromatic carbocycles. The van der Waals surface area contributed by atoms with Crippen molar-refractivity contribution in [3.63, 3.8) is 0 Å². The number of nitrogens with zero attached hydrogens (tertiary/aromatic N) is 1. The van der Waals surface area contributed by atoms with Gasteiger partial charge in [0, 0.05) is 13.1 Å². The molecule has 0 saturated carbocycles. The highest BCUT2D eigenvalue weighted by Crippen LogP contribution is 2.29. The Morgan fingerprint density at radius 2 is 2.00 bits per heavy atom. The number of hydrogen-bond donors (Lipinski definition) is 1. The Balaban J connectivity index is 1.52. The third-order valence-corrected chi connectivity index (χ3v) is 4.56. The van der Waals surface area contributed by atoms with E-state index in [9.17, 15) is 0 Å². The van der Waals surface area contributed by atoms with Crippen molar-refractivity contribution in [2.45, 2.75) is 25.8 Å². The van der Waals surface area contributed by atoms with Crippen LogP contribution in [0.4, 0.5) is 0 Å². The van der Waals surface area contributed by atoms with Gasteiger partial charge in [-0.2, -0.15) is 0 Å². The molecule has 2 aliphatic heterocycles. The van der Waals surface area contributed by atoms with Crippen LogP contribution in [0.2, 0.25) is 0 Å². The molecule has 2 nitrogen and oxygen atoms in total. The maximum absolute atomic E-state index is 3.56. The number of likely N-dealkylation sites (tertiary alicyclic amines) is 1. The van der Waals surface area contributed by atoms with Crippen molar-refractivity contribution in [1.29, 1.82) is 0 Å². The Morgan fingerprint density at radius 1 is 1.11 bits per heavy atom. The van der Waals surface area contributed by atoms with Crippen molar-refractivity contribution in [2.75, 3.05) is 26.2 Å². The van der Waals surface area contributed by atoms with Gasteiger partial charge in [-0.15, -0.1) is 0 Å². The van der Waals surface area contributed by atoms with E-state index in [1.165, 1.54) is 51.0 Å². The lowest BCUT2D eigenvalue weighted by Crippen LogP contribution is -2.35. The quantitative estimate of drug-likeness (QED) is 0.879. The van der Waals surface area contributed by atoms with Crippen molar-refractivity contribution >= 4 is 0 Å². The van der Waals surface area contributed by atoms with Crippen LogP contribution in [0.3, 0.4) is 0 Å². The molecule has 2 heteroatoms. The van der Waals surface area contributed by atoms with Gasteiger partial charge < -0.3 is 5.32 Å². The molecule has 2 heterocycles. The number of nitrogens with one attached hydrogen (secondary N) is 1. The zero-order valence-corrected chi connectivity index (χ0v) is 11.1. The fraction of sp³-hybridized carbons (Fsp3) is 0.625. The summed E-state index contributed by atoms with van der Waals surface area (Å²) < 4.78 is 0. The molecule has 2 fully saturated rings. The normalized spacial score (nSPS) is 29.6. The second kappa shape index (κ2) is 5.85. The van der Waals surface area contributed by atoms with E-state index in [4.69, 9.17) is 0 Å². The average molecular weight is 244 g/mol. The first-order chi connectivity index (χ1) is 8.92. The molecule has 0 aromatic heterocycles. The van der Waals surface area contributed by atoms with E-state index in [0.29, 0.717) is 0 Å². The van der Waals surface area contributed by atoms with Gasteiger partial charge in [-0.1, -0.05) is 30.3 Å². The zero-order valence-electron chi connectivity index (χ0n) is 11.1. The molecule has 1 unspecified atom stereocenters. The van der Waals surface area contributed by atoms with E-state index in [0.717, 1.165) is 18.4 Å². The zero-order chi connectivity index (χ0) is 12.2. The minimum atomic E-state index is 0.930. The van der Waals surface area contributed by atoms with Crippen molar-refractivity contribution in [3.8, 4) is 0 Å². The van der Waals surface area contributed by atoms with Gasteiger partial charge in [0.15, 0.2) is 0 Å². The molecular weight excluding hydrogens is 220 g/mol. The van der Waals surface area contributed by atoms with Gasteiger partial charge in [0.1, 0.15) is 0 Å². The molecule has 0 bridgehead atoms. The summed E-state index contributed by atoms with van der Waals surface area (Å²) >= 11 is 0. The first kappa shape index (κ1) is 12.2. The fourth-order valence-electron chi connectivity index (χ4n) is 3.51. The van der Waals surface area contributed by atoms with Crippen molar-refractivity contribution in [3.05, 3.63) is 35.9 Å². The third-order valence-electron chi connectivity index (χ3n) is 4.56. The monoisotopic (exact) mass is 244 g/mol. The number of piperidine rings is 1. The van der Waals surface area contributed by atoms with E-state index in [2.05, 4.69) is 40.5 Å². The first-order valence-electron chi connectivity index (χ1n) is 7.39. The second-order valence-corrected chi connectivity index (χ2v) is 5.88. The van der Waals surface area contributed by atoms with Gasteiger partial charge in [-0.05, 0) is 56.3 Å². The van der Waals surface area contributed by atoms with Crippen LogP contribution in [0.5, 0.6) is 0 Å². The van der Waals surface area contributed by atoms with Crippen LogP contribution in [0.25, 0.3) is 0 Å². The molecule has 0 radical (unpaired) electrons. The SMILES string of the molecule is c1ccc(CN2CCC([C@@H]3CCCNC3)C2)cc1. The average Bonchev–Trinajstić information content (AvgIpc) is 2.89. The van der Waals surface area contributed by atoms with Crippen LogP contribution in [0.15, 0.2) is 30.3 Å². The van der Waals surface area contributed by atoms with E-state index in [-0.39, 0.29) is 0 Å². The van der Waals surface area contributed by atoms with Crippen LogP contribution in [-0.4, -0.2) is 31.1 Å². The van der Waals surface area contributed by atoms with Gasteiger partial charge in [0.25, 0.3) is 0 Å². The molecule has 1 N–H and O–H groups in total. The number of hydrogen-bond acceptors (Lipinski definition) is 2. The molecule has 2 saturated heterocycles. The molecule has 98 valence electrons. The third kappa shape index (κ3) is 2.93. The molecule has 1 aromatic rings. The highest BCUT2D eigenvalue weighted by atomic mass is 15.1. The Bertz CT molecular complexity index is 357. The number of benzene rings is 1. The molecule has 0 aliphatic carbocycles. The lowest BCUT2D eigenvalue weighted by Gasteiger charge is -2.28. The highest BCUT2D eigenvalue weighted by Gasteiger charge is 2.29. The van der Waals surface area contributed by atoms with Crippen LogP contribution in [-0.2, 0) is 6.54 Å². The highest BCUT2D eigenvalue weighted by molar-refractivity contribution is 5.14. The fourth-order valence-corrected chi connectivity index (χ4v) is 3.51. The molecule has 0 spiro atoms.